The summed E-state index contributed by atoms with van der Waals surface area (Å²) in [5, 5.41) is 3.72. The number of rotatable bonds is 2. The number of thiophene rings is 1. The fourth-order valence-electron chi connectivity index (χ4n) is 2.99. The number of carbonyl (C=O) groups is 1. The molecule has 1 amide bonds. The SMILES string of the molecule is CC1(C)COC(c2c(NC(=O)OC(C)(C)C)sc3c2CCCC3)=N1. The van der Waals surface area contributed by atoms with Gasteiger partial charge in [0.15, 0.2) is 0 Å². The van der Waals surface area contributed by atoms with Gasteiger partial charge in [-0.15, -0.1) is 11.3 Å². The van der Waals surface area contributed by atoms with E-state index in [2.05, 4.69) is 19.2 Å². The van der Waals surface area contributed by atoms with Crippen LogP contribution in [0.15, 0.2) is 4.99 Å². The third-order valence-electron chi connectivity index (χ3n) is 3.97. The van der Waals surface area contributed by atoms with Crippen molar-refractivity contribution in [3.05, 3.63) is 16.0 Å². The van der Waals surface area contributed by atoms with Crippen LogP contribution in [0.5, 0.6) is 0 Å². The Labute approximate surface area is 147 Å². The normalized spacial score (nSPS) is 19.3. The zero-order valence-electron chi connectivity index (χ0n) is 15.1. The minimum Gasteiger partial charge on any atom is -0.475 e. The van der Waals surface area contributed by atoms with Crippen molar-refractivity contribution < 1.29 is 14.3 Å². The van der Waals surface area contributed by atoms with Gasteiger partial charge in [-0.2, -0.15) is 0 Å². The van der Waals surface area contributed by atoms with Crippen LogP contribution in [0.2, 0.25) is 0 Å². The number of fused-ring (bicyclic) bond motifs is 1. The van der Waals surface area contributed by atoms with Gasteiger partial charge >= 0.3 is 6.09 Å². The van der Waals surface area contributed by atoms with E-state index < -0.39 is 11.7 Å². The van der Waals surface area contributed by atoms with Crippen LogP contribution in [0.4, 0.5) is 9.80 Å². The Morgan fingerprint density at radius 2 is 2.00 bits per heavy atom. The number of nitrogens with one attached hydrogen (secondary N) is 1. The molecule has 24 heavy (non-hydrogen) atoms. The van der Waals surface area contributed by atoms with Crippen molar-refractivity contribution in [2.75, 3.05) is 11.9 Å². The lowest BCUT2D eigenvalue weighted by molar-refractivity contribution is 0.0636. The molecular formula is C18H26N2O3S. The highest BCUT2D eigenvalue weighted by Crippen LogP contribution is 2.40. The van der Waals surface area contributed by atoms with E-state index in [0.29, 0.717) is 12.5 Å². The van der Waals surface area contributed by atoms with Crippen molar-refractivity contribution >= 4 is 28.3 Å². The first-order valence-electron chi connectivity index (χ1n) is 8.52. The fourth-order valence-corrected chi connectivity index (χ4v) is 4.26. The zero-order valence-corrected chi connectivity index (χ0v) is 15.9. The van der Waals surface area contributed by atoms with E-state index in [1.165, 1.54) is 23.3 Å². The van der Waals surface area contributed by atoms with Gasteiger partial charge in [0, 0.05) is 4.88 Å². The molecule has 132 valence electrons. The summed E-state index contributed by atoms with van der Waals surface area (Å²) in [5.41, 5.74) is 1.51. The molecule has 1 aliphatic heterocycles. The van der Waals surface area contributed by atoms with Crippen LogP contribution >= 0.6 is 11.3 Å². The average Bonchev–Trinajstić information content (AvgIpc) is 2.95. The molecule has 5 nitrogen and oxygen atoms in total. The Bertz CT molecular complexity index is 683. The van der Waals surface area contributed by atoms with Crippen molar-refractivity contribution in [3.8, 4) is 0 Å². The number of anilines is 1. The standard InChI is InChI=1S/C18H26N2O3S/c1-17(2,3)23-16(21)19-15-13(14-20-18(4,5)10-22-14)11-8-6-7-9-12(11)24-15/h6-10H2,1-5H3,(H,19,21). The van der Waals surface area contributed by atoms with Gasteiger partial charge in [0.2, 0.25) is 5.90 Å². The van der Waals surface area contributed by atoms with E-state index in [1.807, 2.05) is 20.8 Å². The summed E-state index contributed by atoms with van der Waals surface area (Å²) in [7, 11) is 0. The summed E-state index contributed by atoms with van der Waals surface area (Å²) in [4.78, 5) is 18.3. The molecule has 1 aromatic rings. The second kappa shape index (κ2) is 6.06. The predicted molar refractivity (Wildman–Crippen MR) is 97.4 cm³/mol. The molecule has 0 spiro atoms. The Morgan fingerprint density at radius 1 is 1.29 bits per heavy atom. The van der Waals surface area contributed by atoms with E-state index in [9.17, 15) is 4.79 Å². The molecule has 0 fully saturated rings. The highest BCUT2D eigenvalue weighted by molar-refractivity contribution is 7.17. The predicted octanol–water partition coefficient (Wildman–Crippen LogP) is 4.53. The van der Waals surface area contributed by atoms with E-state index in [0.717, 1.165) is 23.4 Å². The van der Waals surface area contributed by atoms with Crippen LogP contribution in [0.25, 0.3) is 0 Å². The topological polar surface area (TPSA) is 59.9 Å². The highest BCUT2D eigenvalue weighted by atomic mass is 32.1. The number of aryl methyl sites for hydroxylation is 1. The molecule has 0 unspecified atom stereocenters. The maximum Gasteiger partial charge on any atom is 0.412 e. The summed E-state index contributed by atoms with van der Waals surface area (Å²) in [5.74, 6) is 0.658. The smallest absolute Gasteiger partial charge is 0.412 e. The molecule has 0 bridgehead atoms. The fraction of sp³-hybridized carbons (Fsp3) is 0.667. The Morgan fingerprint density at radius 3 is 2.62 bits per heavy atom. The molecule has 0 aromatic carbocycles. The molecular weight excluding hydrogens is 324 g/mol. The molecule has 2 heterocycles. The highest BCUT2D eigenvalue weighted by Gasteiger charge is 2.33. The van der Waals surface area contributed by atoms with Gasteiger partial charge in [0.05, 0.1) is 11.1 Å². The number of ether oxygens (including phenoxy) is 2. The van der Waals surface area contributed by atoms with E-state index in [-0.39, 0.29) is 5.54 Å². The van der Waals surface area contributed by atoms with Gasteiger partial charge in [-0.25, -0.2) is 9.79 Å². The first-order chi connectivity index (χ1) is 11.1. The minimum atomic E-state index is -0.523. The Kier molecular flexibility index (Phi) is 4.36. The van der Waals surface area contributed by atoms with Gasteiger partial charge < -0.3 is 9.47 Å². The summed E-state index contributed by atoms with van der Waals surface area (Å²) in [6.07, 6.45) is 4.00. The molecule has 2 aliphatic rings. The molecule has 0 atom stereocenters. The maximum atomic E-state index is 12.2. The molecule has 1 aliphatic carbocycles. The Balaban J connectivity index is 1.94. The zero-order chi connectivity index (χ0) is 17.5. The monoisotopic (exact) mass is 350 g/mol. The molecule has 3 rings (SSSR count). The van der Waals surface area contributed by atoms with Crippen molar-refractivity contribution in [1.29, 1.82) is 0 Å². The lowest BCUT2D eigenvalue weighted by Crippen LogP contribution is -2.27. The molecule has 0 radical (unpaired) electrons. The Hall–Kier alpha value is -1.56. The third-order valence-corrected chi connectivity index (χ3v) is 5.17. The maximum absolute atomic E-state index is 12.2. The van der Waals surface area contributed by atoms with Gasteiger partial charge in [-0.1, -0.05) is 0 Å². The van der Waals surface area contributed by atoms with Crippen molar-refractivity contribution in [2.45, 2.75) is 71.4 Å². The number of hydrogen-bond acceptors (Lipinski definition) is 5. The summed E-state index contributed by atoms with van der Waals surface area (Å²) in [6, 6.07) is 0. The molecule has 0 saturated carbocycles. The molecule has 6 heteroatoms. The average molecular weight is 350 g/mol. The van der Waals surface area contributed by atoms with E-state index in [4.69, 9.17) is 14.5 Å². The second-order valence-corrected chi connectivity index (χ2v) is 9.17. The van der Waals surface area contributed by atoms with Crippen LogP contribution in [-0.2, 0) is 22.3 Å². The lowest BCUT2D eigenvalue weighted by atomic mass is 9.95. The van der Waals surface area contributed by atoms with Crippen LogP contribution < -0.4 is 5.32 Å². The van der Waals surface area contributed by atoms with Crippen LogP contribution in [-0.4, -0.2) is 29.7 Å². The lowest BCUT2D eigenvalue weighted by Gasteiger charge is -2.19. The quantitative estimate of drug-likeness (QED) is 0.852. The summed E-state index contributed by atoms with van der Waals surface area (Å²) in [6.45, 7) is 10.3. The number of carbonyl (C=O) groups excluding carboxylic acids is 1. The van der Waals surface area contributed by atoms with Crippen molar-refractivity contribution in [2.24, 2.45) is 4.99 Å². The summed E-state index contributed by atoms with van der Waals surface area (Å²) >= 11 is 1.63. The largest absolute Gasteiger partial charge is 0.475 e. The van der Waals surface area contributed by atoms with Gasteiger partial charge in [-0.3, -0.25) is 5.32 Å². The minimum absolute atomic E-state index is 0.220. The van der Waals surface area contributed by atoms with E-state index in [1.54, 1.807) is 11.3 Å². The van der Waals surface area contributed by atoms with Gasteiger partial charge in [-0.05, 0) is 65.9 Å². The van der Waals surface area contributed by atoms with Crippen LogP contribution in [0.3, 0.4) is 0 Å². The number of amides is 1. The van der Waals surface area contributed by atoms with Crippen molar-refractivity contribution in [1.82, 2.24) is 0 Å². The van der Waals surface area contributed by atoms with E-state index >= 15 is 0 Å². The van der Waals surface area contributed by atoms with Crippen molar-refractivity contribution in [3.63, 3.8) is 0 Å². The van der Waals surface area contributed by atoms with Crippen LogP contribution in [0.1, 0.15) is 63.5 Å². The molecule has 1 N–H and O–H groups in total. The molecule has 0 saturated heterocycles. The van der Waals surface area contributed by atoms with Gasteiger partial charge in [0.25, 0.3) is 0 Å². The number of nitrogens with zero attached hydrogens (tertiary/aromatic N) is 1. The summed E-state index contributed by atoms with van der Waals surface area (Å²) < 4.78 is 11.3. The molecule has 1 aromatic heterocycles. The first-order valence-corrected chi connectivity index (χ1v) is 9.34. The number of aliphatic imine (C=N–C) groups is 1. The third kappa shape index (κ3) is 3.74. The second-order valence-electron chi connectivity index (χ2n) is 8.06. The first kappa shape index (κ1) is 17.3. The van der Waals surface area contributed by atoms with Gasteiger partial charge in [0.1, 0.15) is 17.2 Å². The number of hydrogen-bond donors (Lipinski definition) is 1. The van der Waals surface area contributed by atoms with Crippen LogP contribution in [0, 0.1) is 0 Å².